The normalized spacial score (nSPS) is 15.5. The highest BCUT2D eigenvalue weighted by Gasteiger charge is 2.51. The molecule has 0 unspecified atom stereocenters. The van der Waals surface area contributed by atoms with E-state index in [4.69, 9.17) is 0 Å². The molecule has 3 rings (SSSR count). The van der Waals surface area contributed by atoms with Crippen LogP contribution in [0.2, 0.25) is 0 Å². The van der Waals surface area contributed by atoms with Gasteiger partial charge in [0.15, 0.2) is 0 Å². The quantitative estimate of drug-likeness (QED) is 0.541. The Morgan fingerprint density at radius 2 is 1.79 bits per heavy atom. The summed E-state index contributed by atoms with van der Waals surface area (Å²) in [6, 6.07) is 8.08. The topological polar surface area (TPSA) is 94.6 Å². The second-order valence-electron chi connectivity index (χ2n) is 8.92. The molecule has 8 nitrogen and oxygen atoms in total. The van der Waals surface area contributed by atoms with Gasteiger partial charge in [0.2, 0.25) is 5.91 Å². The molecule has 1 fully saturated rings. The monoisotopic (exact) mass is 473 g/mol. The van der Waals surface area contributed by atoms with E-state index in [-0.39, 0.29) is 24.9 Å². The Morgan fingerprint density at radius 1 is 1.12 bits per heavy atom. The Labute approximate surface area is 197 Å². The van der Waals surface area contributed by atoms with Gasteiger partial charge in [-0.25, -0.2) is 18.5 Å². The fourth-order valence-electron chi connectivity index (χ4n) is 3.78. The molecule has 2 aromatic rings. The number of nitrogens with zero attached hydrogens (tertiary/aromatic N) is 3. The summed E-state index contributed by atoms with van der Waals surface area (Å²) in [6.45, 7) is 6.60. The van der Waals surface area contributed by atoms with Gasteiger partial charge < -0.3 is 15.5 Å². The molecular weight excluding hydrogens is 444 g/mol. The molecule has 1 aromatic heterocycles. The lowest BCUT2D eigenvalue weighted by molar-refractivity contribution is -0.123. The van der Waals surface area contributed by atoms with Crippen LogP contribution in [0.1, 0.15) is 44.7 Å². The van der Waals surface area contributed by atoms with Crippen LogP contribution in [0.5, 0.6) is 0 Å². The molecule has 2 N–H and O–H groups in total. The number of aromatic nitrogens is 1. The van der Waals surface area contributed by atoms with Gasteiger partial charge in [0.1, 0.15) is 5.54 Å². The SMILES string of the molecule is CC(C)c1ccc(N2C(=O)N(Cc3ccncc3)C(C)(C)C2=O)cc1NC(=O)CNCC(F)F. The van der Waals surface area contributed by atoms with Crippen LogP contribution in [-0.2, 0) is 16.1 Å². The van der Waals surface area contributed by atoms with Gasteiger partial charge in [-0.15, -0.1) is 0 Å². The van der Waals surface area contributed by atoms with Gasteiger partial charge in [0, 0.05) is 24.6 Å². The van der Waals surface area contributed by atoms with Gasteiger partial charge in [-0.1, -0.05) is 19.9 Å². The van der Waals surface area contributed by atoms with Gasteiger partial charge in [-0.3, -0.25) is 14.6 Å². The van der Waals surface area contributed by atoms with Crippen LogP contribution < -0.4 is 15.5 Å². The number of nitrogens with one attached hydrogen (secondary N) is 2. The predicted molar refractivity (Wildman–Crippen MR) is 125 cm³/mol. The summed E-state index contributed by atoms with van der Waals surface area (Å²) in [6.07, 6.45) is 0.684. The van der Waals surface area contributed by atoms with Gasteiger partial charge in [0.25, 0.3) is 12.3 Å². The summed E-state index contributed by atoms with van der Waals surface area (Å²) in [5, 5.41) is 5.10. The molecule has 10 heteroatoms. The molecule has 1 aliphatic heterocycles. The van der Waals surface area contributed by atoms with Crippen LogP contribution in [0, 0.1) is 0 Å². The van der Waals surface area contributed by atoms with E-state index in [9.17, 15) is 23.2 Å². The van der Waals surface area contributed by atoms with Crippen LogP contribution in [0.25, 0.3) is 0 Å². The average Bonchev–Trinajstić information content (AvgIpc) is 2.93. The van der Waals surface area contributed by atoms with Gasteiger partial charge in [0.05, 0.1) is 18.8 Å². The van der Waals surface area contributed by atoms with Crippen molar-refractivity contribution in [3.63, 3.8) is 0 Å². The minimum Gasteiger partial charge on any atom is -0.325 e. The van der Waals surface area contributed by atoms with Crippen molar-refractivity contribution >= 4 is 29.2 Å². The number of pyridine rings is 1. The minimum absolute atomic E-state index is 0.0305. The smallest absolute Gasteiger partial charge is 0.325 e. The number of hydrogen-bond acceptors (Lipinski definition) is 5. The van der Waals surface area contributed by atoms with Gasteiger partial charge in [-0.05, 0) is 55.2 Å². The maximum absolute atomic E-state index is 13.3. The van der Waals surface area contributed by atoms with Crippen molar-refractivity contribution in [2.45, 2.75) is 52.1 Å². The third kappa shape index (κ3) is 5.39. The highest BCUT2D eigenvalue weighted by atomic mass is 19.3. The fraction of sp³-hybridized carbons (Fsp3) is 0.417. The van der Waals surface area contributed by atoms with Gasteiger partial charge in [-0.2, -0.15) is 0 Å². The number of benzene rings is 1. The molecule has 0 aliphatic carbocycles. The molecule has 2 heterocycles. The van der Waals surface area contributed by atoms with E-state index < -0.39 is 30.4 Å². The third-order valence-corrected chi connectivity index (χ3v) is 5.69. The first kappa shape index (κ1) is 25.2. The Morgan fingerprint density at radius 3 is 2.41 bits per heavy atom. The molecule has 1 aliphatic rings. The average molecular weight is 474 g/mol. The van der Waals surface area contributed by atoms with Crippen molar-refractivity contribution in [1.82, 2.24) is 15.2 Å². The van der Waals surface area contributed by atoms with E-state index >= 15 is 0 Å². The minimum atomic E-state index is -2.56. The number of hydrogen-bond donors (Lipinski definition) is 2. The molecule has 34 heavy (non-hydrogen) atoms. The second-order valence-corrected chi connectivity index (χ2v) is 8.92. The number of anilines is 2. The number of amides is 4. The van der Waals surface area contributed by atoms with E-state index in [1.54, 1.807) is 56.6 Å². The van der Waals surface area contributed by atoms with Crippen molar-refractivity contribution in [3.05, 3.63) is 53.9 Å². The number of urea groups is 1. The summed E-state index contributed by atoms with van der Waals surface area (Å²) in [5.41, 5.74) is 1.28. The van der Waals surface area contributed by atoms with Crippen LogP contribution in [0.4, 0.5) is 25.0 Å². The lowest BCUT2D eigenvalue weighted by atomic mass is 9.99. The number of halogens is 2. The standard InChI is InChI=1S/C24H29F2N5O3/c1-15(2)18-6-5-17(11-19(18)29-21(32)13-28-12-20(25)26)31-22(33)24(3,4)30(23(31)34)14-16-7-9-27-10-8-16/h5-11,15,20,28H,12-14H2,1-4H3,(H,29,32). The molecule has 0 saturated carbocycles. The molecule has 182 valence electrons. The van der Waals surface area contributed by atoms with E-state index in [1.807, 2.05) is 13.8 Å². The Bertz CT molecular complexity index is 1060. The highest BCUT2D eigenvalue weighted by Crippen LogP contribution is 2.36. The summed E-state index contributed by atoms with van der Waals surface area (Å²) < 4.78 is 24.7. The summed E-state index contributed by atoms with van der Waals surface area (Å²) in [7, 11) is 0. The molecule has 0 bridgehead atoms. The maximum Gasteiger partial charge on any atom is 0.332 e. The molecule has 4 amide bonds. The lowest BCUT2D eigenvalue weighted by Crippen LogP contribution is -2.43. The zero-order valence-electron chi connectivity index (χ0n) is 19.6. The Kier molecular flexibility index (Phi) is 7.61. The zero-order chi connectivity index (χ0) is 25.0. The van der Waals surface area contributed by atoms with E-state index in [0.717, 1.165) is 16.0 Å². The number of rotatable bonds is 9. The molecule has 1 saturated heterocycles. The van der Waals surface area contributed by atoms with Gasteiger partial charge >= 0.3 is 6.03 Å². The first-order valence-electron chi connectivity index (χ1n) is 11.0. The molecular formula is C24H29F2N5O3. The van der Waals surface area contributed by atoms with E-state index in [2.05, 4.69) is 15.6 Å². The summed E-state index contributed by atoms with van der Waals surface area (Å²) in [4.78, 5) is 45.5. The largest absolute Gasteiger partial charge is 0.332 e. The van der Waals surface area contributed by atoms with Crippen molar-refractivity contribution < 1.29 is 23.2 Å². The molecule has 1 aromatic carbocycles. The number of imide groups is 1. The highest BCUT2D eigenvalue weighted by molar-refractivity contribution is 6.23. The van der Waals surface area contributed by atoms with E-state index in [0.29, 0.717) is 11.4 Å². The van der Waals surface area contributed by atoms with Crippen LogP contribution in [0.3, 0.4) is 0 Å². The molecule has 0 atom stereocenters. The number of carbonyl (C=O) groups excluding carboxylic acids is 3. The first-order valence-corrected chi connectivity index (χ1v) is 11.0. The van der Waals surface area contributed by atoms with Crippen molar-refractivity contribution in [3.8, 4) is 0 Å². The molecule has 0 radical (unpaired) electrons. The predicted octanol–water partition coefficient (Wildman–Crippen LogP) is 3.75. The molecule has 0 spiro atoms. The fourth-order valence-corrected chi connectivity index (χ4v) is 3.78. The van der Waals surface area contributed by atoms with Crippen molar-refractivity contribution in [2.24, 2.45) is 0 Å². The number of carbonyl (C=O) groups is 3. The Hall–Kier alpha value is -3.40. The first-order chi connectivity index (χ1) is 16.0. The maximum atomic E-state index is 13.3. The van der Waals surface area contributed by atoms with Crippen molar-refractivity contribution in [1.29, 1.82) is 0 Å². The third-order valence-electron chi connectivity index (χ3n) is 5.69. The van der Waals surface area contributed by atoms with Crippen LogP contribution >= 0.6 is 0 Å². The Balaban J connectivity index is 1.88. The van der Waals surface area contributed by atoms with Crippen molar-refractivity contribution in [2.75, 3.05) is 23.3 Å². The lowest BCUT2D eigenvalue weighted by Gasteiger charge is -2.27. The second kappa shape index (κ2) is 10.3. The summed E-state index contributed by atoms with van der Waals surface area (Å²) in [5.74, 6) is -0.860. The zero-order valence-corrected chi connectivity index (χ0v) is 19.6. The summed E-state index contributed by atoms with van der Waals surface area (Å²) >= 11 is 0. The van der Waals surface area contributed by atoms with Crippen LogP contribution in [0.15, 0.2) is 42.7 Å². The van der Waals surface area contributed by atoms with E-state index in [1.165, 1.54) is 4.90 Å². The van der Waals surface area contributed by atoms with Crippen LogP contribution in [-0.4, -0.2) is 52.8 Å². The number of alkyl halides is 2.